The molecule has 1 saturated carbocycles. The van der Waals surface area contributed by atoms with Gasteiger partial charge < -0.3 is 9.84 Å². The van der Waals surface area contributed by atoms with E-state index in [4.69, 9.17) is 4.74 Å². The van der Waals surface area contributed by atoms with Gasteiger partial charge in [0.15, 0.2) is 0 Å². The molecule has 1 aromatic carbocycles. The molecule has 3 nitrogen and oxygen atoms in total. The van der Waals surface area contributed by atoms with Gasteiger partial charge in [-0.25, -0.2) is 4.39 Å². The number of carbonyl (C=O) groups excluding carboxylic acids is 1. The number of hydrogen-bond donors (Lipinski definition) is 1. The zero-order valence-corrected chi connectivity index (χ0v) is 11.7. The van der Waals surface area contributed by atoms with E-state index in [9.17, 15) is 14.3 Å². The summed E-state index contributed by atoms with van der Waals surface area (Å²) < 4.78 is 18.7. The first-order valence-corrected chi connectivity index (χ1v) is 7.19. The van der Waals surface area contributed by atoms with Crippen molar-refractivity contribution < 1.29 is 19.0 Å². The van der Waals surface area contributed by atoms with E-state index in [1.165, 1.54) is 12.1 Å². The Morgan fingerprint density at radius 1 is 1.45 bits per heavy atom. The fraction of sp³-hybridized carbons (Fsp3) is 0.562. The first-order valence-electron chi connectivity index (χ1n) is 7.19. The SMILES string of the molecule is CCCC(=O)O[C@H]1C[C@H](CO)[C@@H](c2cccc(F)c2)C1. The molecule has 1 aliphatic carbocycles. The number of benzene rings is 1. The van der Waals surface area contributed by atoms with Crippen LogP contribution in [0.5, 0.6) is 0 Å². The van der Waals surface area contributed by atoms with E-state index in [1.807, 2.05) is 13.0 Å². The summed E-state index contributed by atoms with van der Waals surface area (Å²) in [5, 5.41) is 9.49. The number of rotatable bonds is 5. The summed E-state index contributed by atoms with van der Waals surface area (Å²) in [4.78, 5) is 11.5. The topological polar surface area (TPSA) is 46.5 Å². The van der Waals surface area contributed by atoms with Crippen molar-refractivity contribution in [1.82, 2.24) is 0 Å². The van der Waals surface area contributed by atoms with Crippen LogP contribution < -0.4 is 0 Å². The van der Waals surface area contributed by atoms with Gasteiger partial charge in [-0.2, -0.15) is 0 Å². The summed E-state index contributed by atoms with van der Waals surface area (Å²) in [6.07, 6.45) is 2.32. The molecule has 0 bridgehead atoms. The highest BCUT2D eigenvalue weighted by atomic mass is 19.1. The van der Waals surface area contributed by atoms with Crippen molar-refractivity contribution in [3.8, 4) is 0 Å². The van der Waals surface area contributed by atoms with Gasteiger partial charge in [0.1, 0.15) is 11.9 Å². The fourth-order valence-corrected chi connectivity index (χ4v) is 2.97. The monoisotopic (exact) mass is 280 g/mol. The van der Waals surface area contributed by atoms with Crippen LogP contribution in [0.3, 0.4) is 0 Å². The van der Waals surface area contributed by atoms with Gasteiger partial charge in [-0.1, -0.05) is 19.1 Å². The molecule has 0 aromatic heterocycles. The number of hydrogen-bond acceptors (Lipinski definition) is 3. The highest BCUT2D eigenvalue weighted by molar-refractivity contribution is 5.69. The molecule has 4 heteroatoms. The maximum atomic E-state index is 13.3. The Labute approximate surface area is 118 Å². The largest absolute Gasteiger partial charge is 0.462 e. The number of ether oxygens (including phenoxy) is 1. The maximum absolute atomic E-state index is 13.3. The van der Waals surface area contributed by atoms with Gasteiger partial charge in [0.2, 0.25) is 0 Å². The molecule has 0 saturated heterocycles. The van der Waals surface area contributed by atoms with E-state index < -0.39 is 0 Å². The number of aliphatic hydroxyl groups is 1. The zero-order valence-electron chi connectivity index (χ0n) is 11.7. The van der Waals surface area contributed by atoms with Crippen molar-refractivity contribution >= 4 is 5.97 Å². The van der Waals surface area contributed by atoms with Crippen molar-refractivity contribution in [2.75, 3.05) is 6.61 Å². The van der Waals surface area contributed by atoms with Crippen LogP contribution in [-0.2, 0) is 9.53 Å². The Kier molecular flexibility index (Phi) is 5.12. The van der Waals surface area contributed by atoms with Crippen molar-refractivity contribution in [1.29, 1.82) is 0 Å². The van der Waals surface area contributed by atoms with Gasteiger partial charge in [-0.15, -0.1) is 0 Å². The predicted molar refractivity (Wildman–Crippen MR) is 73.7 cm³/mol. The van der Waals surface area contributed by atoms with Crippen LogP contribution >= 0.6 is 0 Å². The Morgan fingerprint density at radius 3 is 2.90 bits per heavy atom. The molecular formula is C16H21FO3. The van der Waals surface area contributed by atoms with Crippen LogP contribution in [0.25, 0.3) is 0 Å². The van der Waals surface area contributed by atoms with Gasteiger partial charge in [0.25, 0.3) is 0 Å². The molecule has 0 aliphatic heterocycles. The number of aliphatic hydroxyl groups excluding tert-OH is 1. The summed E-state index contributed by atoms with van der Waals surface area (Å²) in [6, 6.07) is 6.46. The lowest BCUT2D eigenvalue weighted by Gasteiger charge is -2.17. The summed E-state index contributed by atoms with van der Waals surface area (Å²) in [7, 11) is 0. The highest BCUT2D eigenvalue weighted by Crippen LogP contribution is 2.41. The van der Waals surface area contributed by atoms with Gasteiger partial charge in [0, 0.05) is 13.0 Å². The van der Waals surface area contributed by atoms with Crippen LogP contribution in [0, 0.1) is 11.7 Å². The summed E-state index contributed by atoms with van der Waals surface area (Å²) in [6.45, 7) is 1.96. The van der Waals surface area contributed by atoms with Gasteiger partial charge in [0.05, 0.1) is 0 Å². The van der Waals surface area contributed by atoms with E-state index in [-0.39, 0.29) is 36.3 Å². The molecule has 2 rings (SSSR count). The lowest BCUT2D eigenvalue weighted by atomic mass is 9.89. The third-order valence-electron chi connectivity index (χ3n) is 3.92. The first kappa shape index (κ1) is 15.0. The average Bonchev–Trinajstić information content (AvgIpc) is 2.82. The van der Waals surface area contributed by atoms with E-state index in [0.29, 0.717) is 19.3 Å². The Bertz CT molecular complexity index is 461. The molecule has 1 aromatic rings. The van der Waals surface area contributed by atoms with Crippen molar-refractivity contribution in [3.05, 3.63) is 35.6 Å². The summed E-state index contributed by atoms with van der Waals surface area (Å²) >= 11 is 0. The number of carbonyl (C=O) groups is 1. The first-order chi connectivity index (χ1) is 9.63. The molecule has 3 atom stereocenters. The van der Waals surface area contributed by atoms with Crippen LogP contribution in [0.15, 0.2) is 24.3 Å². The molecule has 1 N–H and O–H groups in total. The lowest BCUT2D eigenvalue weighted by Crippen LogP contribution is -2.15. The molecule has 110 valence electrons. The minimum absolute atomic E-state index is 0.0243. The molecule has 20 heavy (non-hydrogen) atoms. The quantitative estimate of drug-likeness (QED) is 0.843. The van der Waals surface area contributed by atoms with Crippen LogP contribution in [-0.4, -0.2) is 23.8 Å². The van der Waals surface area contributed by atoms with Crippen molar-refractivity contribution in [3.63, 3.8) is 0 Å². The summed E-state index contributed by atoms with van der Waals surface area (Å²) in [5.74, 6) is -0.383. The van der Waals surface area contributed by atoms with E-state index in [1.54, 1.807) is 6.07 Å². The average molecular weight is 280 g/mol. The molecule has 0 heterocycles. The minimum atomic E-state index is -0.273. The molecule has 0 amide bonds. The zero-order chi connectivity index (χ0) is 14.5. The predicted octanol–water partition coefficient (Wildman–Crippen LogP) is 3.02. The molecule has 0 unspecified atom stereocenters. The van der Waals surface area contributed by atoms with E-state index in [2.05, 4.69) is 0 Å². The van der Waals surface area contributed by atoms with E-state index >= 15 is 0 Å². The number of halogens is 1. The second-order valence-electron chi connectivity index (χ2n) is 5.44. The smallest absolute Gasteiger partial charge is 0.306 e. The summed E-state index contributed by atoms with van der Waals surface area (Å²) in [5.41, 5.74) is 0.873. The molecular weight excluding hydrogens is 259 g/mol. The van der Waals surface area contributed by atoms with Crippen molar-refractivity contribution in [2.24, 2.45) is 5.92 Å². The fourth-order valence-electron chi connectivity index (χ4n) is 2.97. The normalized spacial score (nSPS) is 25.6. The Hall–Kier alpha value is -1.42. The van der Waals surface area contributed by atoms with Crippen LogP contribution in [0.2, 0.25) is 0 Å². The number of esters is 1. The van der Waals surface area contributed by atoms with Crippen molar-refractivity contribution in [2.45, 2.75) is 44.6 Å². The molecule has 1 fully saturated rings. The van der Waals surface area contributed by atoms with Crippen LogP contribution in [0.1, 0.15) is 44.1 Å². The standard InChI is InChI=1S/C16H21FO3/c1-2-4-16(19)20-14-8-12(10-18)15(9-14)11-5-3-6-13(17)7-11/h3,5-7,12,14-15,18H,2,4,8-10H2,1H3/t12-,14+,15-/m1/s1. The van der Waals surface area contributed by atoms with E-state index in [0.717, 1.165) is 12.0 Å². The van der Waals surface area contributed by atoms with Gasteiger partial charge in [-0.3, -0.25) is 4.79 Å². The van der Waals surface area contributed by atoms with Gasteiger partial charge >= 0.3 is 5.97 Å². The Morgan fingerprint density at radius 2 is 2.25 bits per heavy atom. The minimum Gasteiger partial charge on any atom is -0.462 e. The van der Waals surface area contributed by atoms with Crippen LogP contribution in [0.4, 0.5) is 4.39 Å². The third kappa shape index (κ3) is 3.57. The second-order valence-corrected chi connectivity index (χ2v) is 5.44. The highest BCUT2D eigenvalue weighted by Gasteiger charge is 2.36. The van der Waals surface area contributed by atoms with Gasteiger partial charge in [-0.05, 0) is 48.8 Å². The third-order valence-corrected chi connectivity index (χ3v) is 3.92. The second kappa shape index (κ2) is 6.84. The lowest BCUT2D eigenvalue weighted by molar-refractivity contribution is -0.148. The molecule has 0 radical (unpaired) electrons. The maximum Gasteiger partial charge on any atom is 0.306 e. The Balaban J connectivity index is 2.04. The molecule has 1 aliphatic rings. The molecule has 0 spiro atoms.